The molecule has 0 amide bonds. The van der Waals surface area contributed by atoms with Crippen molar-refractivity contribution in [3.8, 4) is 5.75 Å². The van der Waals surface area contributed by atoms with Gasteiger partial charge in [0.25, 0.3) is 0 Å². The molecule has 0 bridgehead atoms. The standard InChI is InChI=1S/C9H8O2S/c1-11-8-3-2-7-4-5-12(10)9(7)6-8/h2-6H,1H3. The van der Waals surface area contributed by atoms with Crippen LogP contribution in [-0.2, 0) is 10.8 Å². The van der Waals surface area contributed by atoms with E-state index < -0.39 is 10.8 Å². The molecule has 2 rings (SSSR count). The fraction of sp³-hybridized carbons (Fsp3) is 0.111. The first-order valence-corrected chi connectivity index (χ1v) is 4.79. The Morgan fingerprint density at radius 1 is 1.42 bits per heavy atom. The number of ether oxygens (including phenoxy) is 1. The topological polar surface area (TPSA) is 26.3 Å². The van der Waals surface area contributed by atoms with Gasteiger partial charge in [0.15, 0.2) is 0 Å². The van der Waals surface area contributed by atoms with Gasteiger partial charge >= 0.3 is 0 Å². The third-order valence-corrected chi connectivity index (χ3v) is 2.98. The van der Waals surface area contributed by atoms with Crippen LogP contribution in [0.4, 0.5) is 0 Å². The molecule has 3 heteroatoms. The molecule has 0 aliphatic carbocycles. The van der Waals surface area contributed by atoms with E-state index in [1.165, 1.54) is 0 Å². The Bertz CT molecular complexity index is 369. The average molecular weight is 180 g/mol. The zero-order chi connectivity index (χ0) is 8.55. The fourth-order valence-corrected chi connectivity index (χ4v) is 2.18. The summed E-state index contributed by atoms with van der Waals surface area (Å²) in [5.41, 5.74) is 1.02. The van der Waals surface area contributed by atoms with Crippen LogP contribution in [0, 0.1) is 0 Å². The van der Waals surface area contributed by atoms with Crippen LogP contribution >= 0.6 is 0 Å². The van der Waals surface area contributed by atoms with E-state index in [0.29, 0.717) is 0 Å². The molecule has 2 nitrogen and oxygen atoms in total. The summed E-state index contributed by atoms with van der Waals surface area (Å²) in [4.78, 5) is 0.842. The van der Waals surface area contributed by atoms with Crippen molar-refractivity contribution in [3.63, 3.8) is 0 Å². The minimum absolute atomic E-state index is 0.755. The van der Waals surface area contributed by atoms with Crippen molar-refractivity contribution >= 4 is 16.9 Å². The molecular formula is C9H8O2S. The van der Waals surface area contributed by atoms with Crippen LogP contribution in [0.3, 0.4) is 0 Å². The number of methoxy groups -OCH3 is 1. The third-order valence-electron chi connectivity index (χ3n) is 1.81. The Morgan fingerprint density at radius 2 is 2.25 bits per heavy atom. The molecule has 1 unspecified atom stereocenters. The summed E-state index contributed by atoms with van der Waals surface area (Å²) >= 11 is 0. The van der Waals surface area contributed by atoms with E-state index in [9.17, 15) is 4.21 Å². The molecule has 0 spiro atoms. The monoisotopic (exact) mass is 180 g/mol. The van der Waals surface area contributed by atoms with Crippen LogP contribution < -0.4 is 4.74 Å². The molecule has 0 saturated carbocycles. The summed E-state index contributed by atoms with van der Waals surface area (Å²) in [6.07, 6.45) is 1.87. The molecular weight excluding hydrogens is 172 g/mol. The molecule has 1 aromatic rings. The SMILES string of the molecule is COc1ccc2c(c1)S(=O)C=C2. The highest BCUT2D eigenvalue weighted by Gasteiger charge is 2.12. The Balaban J connectivity index is 2.55. The number of hydrogen-bond acceptors (Lipinski definition) is 2. The first-order chi connectivity index (χ1) is 5.81. The third kappa shape index (κ3) is 1.06. The van der Waals surface area contributed by atoms with Crippen molar-refractivity contribution in [2.45, 2.75) is 4.90 Å². The summed E-state index contributed by atoms with van der Waals surface area (Å²) in [5, 5.41) is 1.68. The van der Waals surface area contributed by atoms with Gasteiger partial charge in [0.2, 0.25) is 0 Å². The number of rotatable bonds is 1. The van der Waals surface area contributed by atoms with Crippen LogP contribution in [0.25, 0.3) is 6.08 Å². The summed E-state index contributed by atoms with van der Waals surface area (Å²) < 4.78 is 16.3. The molecule has 1 heterocycles. The maximum atomic E-state index is 11.3. The fourth-order valence-electron chi connectivity index (χ4n) is 1.16. The molecule has 1 aliphatic heterocycles. The largest absolute Gasteiger partial charge is 0.497 e. The summed E-state index contributed by atoms with van der Waals surface area (Å²) in [6, 6.07) is 5.59. The number of fused-ring (bicyclic) bond motifs is 1. The molecule has 12 heavy (non-hydrogen) atoms. The first-order valence-electron chi connectivity index (χ1n) is 3.58. The minimum Gasteiger partial charge on any atom is -0.497 e. The van der Waals surface area contributed by atoms with Gasteiger partial charge in [0, 0.05) is 5.41 Å². The molecule has 1 aromatic carbocycles. The number of hydrogen-bond donors (Lipinski definition) is 0. The van der Waals surface area contributed by atoms with E-state index in [0.717, 1.165) is 16.2 Å². The van der Waals surface area contributed by atoms with Crippen LogP contribution in [-0.4, -0.2) is 11.3 Å². The molecule has 1 atom stereocenters. The van der Waals surface area contributed by atoms with Crippen LogP contribution in [0.5, 0.6) is 5.75 Å². The molecule has 62 valence electrons. The van der Waals surface area contributed by atoms with E-state index in [4.69, 9.17) is 4.74 Å². The Hall–Kier alpha value is -1.09. The Kier molecular flexibility index (Phi) is 1.73. The predicted molar refractivity (Wildman–Crippen MR) is 48.4 cm³/mol. The Labute approximate surface area is 73.3 Å². The second-order valence-electron chi connectivity index (χ2n) is 2.50. The van der Waals surface area contributed by atoms with Crippen molar-refractivity contribution in [3.05, 3.63) is 29.2 Å². The van der Waals surface area contributed by atoms with Gasteiger partial charge in [-0.1, -0.05) is 6.07 Å². The Morgan fingerprint density at radius 3 is 3.00 bits per heavy atom. The predicted octanol–water partition coefficient (Wildman–Crippen LogP) is 1.79. The maximum absolute atomic E-state index is 11.3. The zero-order valence-electron chi connectivity index (χ0n) is 6.61. The van der Waals surface area contributed by atoms with Crippen LogP contribution in [0.15, 0.2) is 28.5 Å². The smallest absolute Gasteiger partial charge is 0.120 e. The molecule has 0 aromatic heterocycles. The van der Waals surface area contributed by atoms with Crippen molar-refractivity contribution in [2.75, 3.05) is 7.11 Å². The highest BCUT2D eigenvalue weighted by atomic mass is 32.2. The molecule has 0 saturated heterocycles. The van der Waals surface area contributed by atoms with Gasteiger partial charge in [0.1, 0.15) is 5.75 Å². The molecule has 1 aliphatic rings. The second kappa shape index (κ2) is 2.75. The molecule has 0 radical (unpaired) electrons. The zero-order valence-corrected chi connectivity index (χ0v) is 7.43. The van der Waals surface area contributed by atoms with Gasteiger partial charge in [0.05, 0.1) is 22.8 Å². The lowest BCUT2D eigenvalue weighted by Gasteiger charge is -2.01. The van der Waals surface area contributed by atoms with Crippen LogP contribution in [0.1, 0.15) is 5.56 Å². The van der Waals surface area contributed by atoms with Gasteiger partial charge in [-0.3, -0.25) is 0 Å². The van der Waals surface area contributed by atoms with Crippen LogP contribution in [0.2, 0.25) is 0 Å². The van der Waals surface area contributed by atoms with E-state index >= 15 is 0 Å². The summed E-state index contributed by atoms with van der Waals surface area (Å²) in [6.45, 7) is 0. The maximum Gasteiger partial charge on any atom is 0.120 e. The summed E-state index contributed by atoms with van der Waals surface area (Å²) in [7, 11) is 0.634. The quantitative estimate of drug-likeness (QED) is 0.658. The van der Waals surface area contributed by atoms with E-state index in [1.807, 2.05) is 24.3 Å². The highest BCUT2D eigenvalue weighted by Crippen LogP contribution is 2.27. The van der Waals surface area contributed by atoms with Crippen molar-refractivity contribution in [1.82, 2.24) is 0 Å². The van der Waals surface area contributed by atoms with E-state index in [1.54, 1.807) is 12.5 Å². The number of benzene rings is 1. The average Bonchev–Trinajstić information content (AvgIpc) is 2.47. The van der Waals surface area contributed by atoms with Gasteiger partial charge in [-0.2, -0.15) is 0 Å². The minimum atomic E-state index is -0.970. The van der Waals surface area contributed by atoms with E-state index in [2.05, 4.69) is 0 Å². The lowest BCUT2D eigenvalue weighted by atomic mass is 10.2. The summed E-state index contributed by atoms with van der Waals surface area (Å²) in [5.74, 6) is 0.755. The van der Waals surface area contributed by atoms with Crippen molar-refractivity contribution in [1.29, 1.82) is 0 Å². The van der Waals surface area contributed by atoms with Gasteiger partial charge < -0.3 is 4.74 Å². The molecule has 0 fully saturated rings. The van der Waals surface area contributed by atoms with E-state index in [-0.39, 0.29) is 0 Å². The van der Waals surface area contributed by atoms with Crippen molar-refractivity contribution in [2.24, 2.45) is 0 Å². The lowest BCUT2D eigenvalue weighted by molar-refractivity contribution is 0.413. The normalized spacial score (nSPS) is 19.2. The van der Waals surface area contributed by atoms with Gasteiger partial charge in [-0.15, -0.1) is 0 Å². The first kappa shape index (κ1) is 7.55. The highest BCUT2D eigenvalue weighted by molar-refractivity contribution is 7.88. The van der Waals surface area contributed by atoms with Crippen molar-refractivity contribution < 1.29 is 8.95 Å². The second-order valence-corrected chi connectivity index (χ2v) is 3.81. The van der Waals surface area contributed by atoms with Gasteiger partial charge in [-0.25, -0.2) is 4.21 Å². The molecule has 0 N–H and O–H groups in total. The lowest BCUT2D eigenvalue weighted by Crippen LogP contribution is -1.87. The van der Waals surface area contributed by atoms with Gasteiger partial charge in [-0.05, 0) is 23.8 Å².